The quantitative estimate of drug-likeness (QED) is 0.128. The first-order valence-electron chi connectivity index (χ1n) is 15.0. The van der Waals surface area contributed by atoms with E-state index < -0.39 is 0 Å². The van der Waals surface area contributed by atoms with Gasteiger partial charge in [-0.2, -0.15) is 15.0 Å². The third kappa shape index (κ3) is 13.0. The first-order valence-corrected chi connectivity index (χ1v) is 15.0. The number of ether oxygens (including phenoxy) is 2. The van der Waals surface area contributed by atoms with Crippen LogP contribution in [0.15, 0.2) is 48.5 Å². The number of amides is 1. The third-order valence-electron chi connectivity index (χ3n) is 7.05. The van der Waals surface area contributed by atoms with Crippen molar-refractivity contribution in [3.05, 3.63) is 65.5 Å². The van der Waals surface area contributed by atoms with Crippen LogP contribution >= 0.6 is 12.4 Å². The Hall–Kier alpha value is -3.58. The van der Waals surface area contributed by atoms with E-state index in [9.17, 15) is 9.18 Å². The summed E-state index contributed by atoms with van der Waals surface area (Å²) in [6, 6.07) is 13.9. The maximum atomic E-state index is 13.3. The van der Waals surface area contributed by atoms with E-state index in [-0.39, 0.29) is 30.6 Å². The van der Waals surface area contributed by atoms with Gasteiger partial charge in [0.25, 0.3) is 0 Å². The minimum Gasteiger partial charge on any atom is -0.378 e. The van der Waals surface area contributed by atoms with Gasteiger partial charge in [-0.3, -0.25) is 4.79 Å². The number of hydrogen-bond acceptors (Lipinski definition) is 10. The molecule has 1 aliphatic rings. The zero-order valence-corrected chi connectivity index (χ0v) is 25.8. The summed E-state index contributed by atoms with van der Waals surface area (Å²) in [7, 11) is 0. The van der Waals surface area contributed by atoms with Crippen molar-refractivity contribution in [2.75, 3.05) is 62.0 Å². The fraction of sp³-hybridized carbons (Fsp3) is 0.484. The van der Waals surface area contributed by atoms with E-state index in [4.69, 9.17) is 15.2 Å². The van der Waals surface area contributed by atoms with E-state index in [1.54, 1.807) is 12.1 Å². The highest BCUT2D eigenvalue weighted by molar-refractivity contribution is 5.85. The molecule has 13 heteroatoms. The molecule has 0 saturated heterocycles. The van der Waals surface area contributed by atoms with Crippen molar-refractivity contribution in [2.45, 2.75) is 45.1 Å². The molecule has 0 radical (unpaired) electrons. The van der Waals surface area contributed by atoms with Gasteiger partial charge < -0.3 is 36.5 Å². The molecule has 2 aromatic carbocycles. The Kier molecular flexibility index (Phi) is 15.6. The van der Waals surface area contributed by atoms with Crippen molar-refractivity contribution >= 4 is 41.8 Å². The Labute approximate surface area is 264 Å². The molecule has 1 heterocycles. The molecule has 0 aliphatic heterocycles. The molecule has 0 bridgehead atoms. The molecule has 0 unspecified atom stereocenters. The number of anilines is 4. The fourth-order valence-electron chi connectivity index (χ4n) is 4.75. The summed E-state index contributed by atoms with van der Waals surface area (Å²) in [5.74, 6) is 1.55. The van der Waals surface area contributed by atoms with Gasteiger partial charge in [-0.25, -0.2) is 4.39 Å². The number of carbonyl (C=O) groups excluding carboxylic acids is 1. The lowest BCUT2D eigenvalue weighted by atomic mass is 9.89. The lowest BCUT2D eigenvalue weighted by molar-refractivity contribution is -0.120. The number of carbonyl (C=O) groups is 1. The molecular weight excluding hydrogens is 587 g/mol. The Morgan fingerprint density at radius 3 is 2.16 bits per heavy atom. The van der Waals surface area contributed by atoms with Gasteiger partial charge in [-0.1, -0.05) is 43.5 Å². The number of nitrogens with one attached hydrogen (secondary N) is 4. The van der Waals surface area contributed by atoms with Gasteiger partial charge in [0.05, 0.1) is 32.8 Å². The van der Waals surface area contributed by atoms with E-state index in [1.807, 2.05) is 24.3 Å². The van der Waals surface area contributed by atoms with Gasteiger partial charge in [0.2, 0.25) is 23.8 Å². The van der Waals surface area contributed by atoms with Crippen LogP contribution in [0.3, 0.4) is 0 Å². The van der Waals surface area contributed by atoms with Crippen LogP contribution in [0.25, 0.3) is 0 Å². The van der Waals surface area contributed by atoms with Gasteiger partial charge in [0.1, 0.15) is 5.82 Å². The van der Waals surface area contributed by atoms with Crippen molar-refractivity contribution in [2.24, 2.45) is 11.7 Å². The van der Waals surface area contributed by atoms with Gasteiger partial charge in [-0.05, 0) is 54.2 Å². The Morgan fingerprint density at radius 2 is 1.45 bits per heavy atom. The van der Waals surface area contributed by atoms with E-state index >= 15 is 0 Å². The second-order valence-electron chi connectivity index (χ2n) is 10.5. The highest BCUT2D eigenvalue weighted by atomic mass is 35.5. The molecule has 0 spiro atoms. The summed E-state index contributed by atoms with van der Waals surface area (Å²) < 4.78 is 24.0. The molecule has 11 nitrogen and oxygen atoms in total. The third-order valence-corrected chi connectivity index (χ3v) is 7.05. The van der Waals surface area contributed by atoms with Crippen LogP contribution in [0, 0.1) is 11.7 Å². The number of hydrogen-bond donors (Lipinski definition) is 5. The molecule has 1 amide bonds. The fourth-order valence-corrected chi connectivity index (χ4v) is 4.75. The predicted octanol–water partition coefficient (Wildman–Crippen LogP) is 4.43. The van der Waals surface area contributed by atoms with Crippen molar-refractivity contribution < 1.29 is 18.7 Å². The van der Waals surface area contributed by atoms with Crippen molar-refractivity contribution in [3.8, 4) is 0 Å². The largest absolute Gasteiger partial charge is 0.378 e. The summed E-state index contributed by atoms with van der Waals surface area (Å²) in [6.45, 7) is 4.07. The number of benzene rings is 2. The van der Waals surface area contributed by atoms with Crippen LogP contribution in [0.4, 0.5) is 27.9 Å². The number of halogens is 2. The Balaban J connectivity index is 0.00000529. The topological polar surface area (TPSA) is 148 Å². The maximum absolute atomic E-state index is 13.3. The molecule has 6 N–H and O–H groups in total. The molecule has 1 aliphatic carbocycles. The predicted molar refractivity (Wildman–Crippen MR) is 173 cm³/mol. The van der Waals surface area contributed by atoms with Gasteiger partial charge >= 0.3 is 0 Å². The van der Waals surface area contributed by atoms with E-state index in [0.717, 1.165) is 23.4 Å². The summed E-state index contributed by atoms with van der Waals surface area (Å²) in [6.07, 6.45) is 6.51. The van der Waals surface area contributed by atoms with Gasteiger partial charge in [-0.15, -0.1) is 12.4 Å². The van der Waals surface area contributed by atoms with Crippen LogP contribution in [0.2, 0.25) is 0 Å². The lowest BCUT2D eigenvalue weighted by Gasteiger charge is -2.21. The molecule has 4 rings (SSSR count). The molecule has 1 saturated carbocycles. The van der Waals surface area contributed by atoms with E-state index in [2.05, 4.69) is 36.2 Å². The minimum absolute atomic E-state index is 0. The van der Waals surface area contributed by atoms with Gasteiger partial charge in [0.15, 0.2) is 0 Å². The van der Waals surface area contributed by atoms with Crippen LogP contribution in [0.1, 0.15) is 43.2 Å². The Morgan fingerprint density at radius 1 is 0.818 bits per heavy atom. The first-order chi connectivity index (χ1) is 21.1. The highest BCUT2D eigenvalue weighted by Crippen LogP contribution is 2.24. The molecule has 44 heavy (non-hydrogen) atoms. The summed E-state index contributed by atoms with van der Waals surface area (Å²) in [5, 5.41) is 12.7. The zero-order valence-electron chi connectivity index (χ0n) is 25.0. The monoisotopic (exact) mass is 630 g/mol. The molecule has 1 aromatic heterocycles. The number of rotatable bonds is 18. The zero-order chi connectivity index (χ0) is 30.1. The summed E-state index contributed by atoms with van der Waals surface area (Å²) in [4.78, 5) is 26.0. The molecule has 3 aromatic rings. The normalized spacial score (nSPS) is 13.1. The summed E-state index contributed by atoms with van der Waals surface area (Å²) >= 11 is 0. The van der Waals surface area contributed by atoms with Crippen molar-refractivity contribution in [1.29, 1.82) is 0 Å². The Bertz CT molecular complexity index is 1250. The highest BCUT2D eigenvalue weighted by Gasteiger charge is 2.15. The standard InChI is InChI=1S/C31H43FN8O3.ClH/c32-26-10-6-25(7-11-26)22-36-30-38-29(35-21-24-4-2-1-3-5-24)39-31(40-30)37-27-12-8-23(9-13-27)20-28(41)34-15-17-43-19-18-42-16-14-33;/h6-13,24H,1-5,14-22,33H2,(H,34,41)(H3,35,36,37,38,39,40);1H. The van der Waals surface area contributed by atoms with Crippen LogP contribution in [-0.2, 0) is 27.2 Å². The maximum Gasteiger partial charge on any atom is 0.233 e. The van der Waals surface area contributed by atoms with Crippen LogP contribution in [0.5, 0.6) is 0 Å². The van der Waals surface area contributed by atoms with Crippen molar-refractivity contribution in [3.63, 3.8) is 0 Å². The second-order valence-corrected chi connectivity index (χ2v) is 10.5. The average molecular weight is 631 g/mol. The van der Waals surface area contributed by atoms with Crippen LogP contribution < -0.4 is 27.0 Å². The van der Waals surface area contributed by atoms with E-state index in [0.29, 0.717) is 69.8 Å². The molecule has 1 fully saturated rings. The number of aromatic nitrogens is 3. The lowest BCUT2D eigenvalue weighted by Crippen LogP contribution is -2.29. The molecule has 240 valence electrons. The minimum atomic E-state index is -0.276. The summed E-state index contributed by atoms with van der Waals surface area (Å²) in [5.41, 5.74) is 7.94. The SMILES string of the molecule is Cl.NCCOCCOCCNC(=O)Cc1ccc(Nc2nc(NCc3ccc(F)cc3)nc(NCC3CCCCC3)n2)cc1. The smallest absolute Gasteiger partial charge is 0.233 e. The van der Waals surface area contributed by atoms with Crippen molar-refractivity contribution in [1.82, 2.24) is 20.3 Å². The molecule has 0 atom stereocenters. The number of nitrogens with two attached hydrogens (primary N) is 1. The first kappa shape index (κ1) is 34.9. The molecular formula is C31H44ClFN8O3. The van der Waals surface area contributed by atoms with Gasteiger partial charge in [0, 0.05) is 31.9 Å². The number of nitrogens with zero attached hydrogens (tertiary/aromatic N) is 3. The average Bonchev–Trinajstić information content (AvgIpc) is 3.02. The van der Waals surface area contributed by atoms with E-state index in [1.165, 1.54) is 44.2 Å². The second kappa shape index (κ2) is 19.6. The van der Waals surface area contributed by atoms with Crippen LogP contribution in [-0.4, -0.2) is 66.9 Å².